The molecule has 0 radical (unpaired) electrons. The minimum absolute atomic E-state index is 0.0543. The van der Waals surface area contributed by atoms with Crippen LogP contribution >= 0.6 is 0 Å². The Morgan fingerprint density at radius 3 is 2.30 bits per heavy atom. The summed E-state index contributed by atoms with van der Waals surface area (Å²) in [6.07, 6.45) is 0. The molecule has 0 spiro atoms. The highest BCUT2D eigenvalue weighted by Crippen LogP contribution is 2.18. The van der Waals surface area contributed by atoms with Crippen molar-refractivity contribution >= 4 is 21.6 Å². The van der Waals surface area contributed by atoms with E-state index in [1.165, 1.54) is 12.1 Å². The Balaban J connectivity index is 1.70. The zero-order chi connectivity index (χ0) is 19.4. The van der Waals surface area contributed by atoms with Crippen molar-refractivity contribution in [2.45, 2.75) is 18.7 Å². The van der Waals surface area contributed by atoms with Crippen molar-refractivity contribution in [2.24, 2.45) is 0 Å². The molecule has 3 rings (SSSR count). The second-order valence-corrected chi connectivity index (χ2v) is 8.41. The Bertz CT molecular complexity index is 902. The molecule has 1 saturated heterocycles. The van der Waals surface area contributed by atoms with Crippen LogP contribution in [0.15, 0.2) is 53.4 Å². The van der Waals surface area contributed by atoms with Crippen molar-refractivity contribution in [1.29, 1.82) is 0 Å². The molecule has 1 amide bonds. The molecule has 27 heavy (non-hydrogen) atoms. The summed E-state index contributed by atoms with van der Waals surface area (Å²) in [6.45, 7) is 8.13. The Labute approximate surface area is 160 Å². The largest absolute Gasteiger partial charge is 0.336 e. The summed E-state index contributed by atoms with van der Waals surface area (Å²) in [5.41, 5.74) is 2.00. The van der Waals surface area contributed by atoms with E-state index < -0.39 is 10.0 Å². The van der Waals surface area contributed by atoms with Crippen molar-refractivity contribution in [3.05, 3.63) is 59.7 Å². The molecule has 1 N–H and O–H groups in total. The fraction of sp³-hybridized carbons (Fsp3) is 0.350. The topological polar surface area (TPSA) is 69.7 Å². The van der Waals surface area contributed by atoms with E-state index in [1.807, 2.05) is 17.9 Å². The van der Waals surface area contributed by atoms with Crippen molar-refractivity contribution in [3.63, 3.8) is 0 Å². The van der Waals surface area contributed by atoms with Crippen LogP contribution in [0, 0.1) is 6.92 Å². The van der Waals surface area contributed by atoms with Gasteiger partial charge in [0.25, 0.3) is 15.9 Å². The van der Waals surface area contributed by atoms with Gasteiger partial charge in [0.15, 0.2) is 0 Å². The molecule has 0 saturated carbocycles. The predicted octanol–water partition coefficient (Wildman–Crippen LogP) is 2.57. The van der Waals surface area contributed by atoms with Crippen LogP contribution in [0.1, 0.15) is 22.8 Å². The summed E-state index contributed by atoms with van der Waals surface area (Å²) in [4.78, 5) is 16.9. The number of benzene rings is 2. The number of aryl methyl sites for hydroxylation is 1. The van der Waals surface area contributed by atoms with E-state index in [2.05, 4.69) is 16.5 Å². The number of carbonyl (C=O) groups is 1. The average molecular weight is 388 g/mol. The molecule has 7 heteroatoms. The standard InChI is InChI=1S/C20H25N3O3S/c1-3-22-11-13-23(14-12-22)20(24)17-7-9-19(10-8-17)27(25,26)21-18-6-4-5-16(2)15-18/h4-10,15,21H,3,11-14H2,1-2H3. The van der Waals surface area contributed by atoms with Gasteiger partial charge in [-0.15, -0.1) is 0 Å². The number of hydrogen-bond acceptors (Lipinski definition) is 4. The lowest BCUT2D eigenvalue weighted by molar-refractivity contribution is 0.0643. The number of nitrogens with zero attached hydrogens (tertiary/aromatic N) is 2. The van der Waals surface area contributed by atoms with Gasteiger partial charge < -0.3 is 9.80 Å². The highest BCUT2D eigenvalue weighted by atomic mass is 32.2. The third kappa shape index (κ3) is 4.67. The zero-order valence-corrected chi connectivity index (χ0v) is 16.5. The summed E-state index contributed by atoms with van der Waals surface area (Å²) < 4.78 is 27.7. The molecule has 0 aliphatic carbocycles. The number of piperazine rings is 1. The first-order chi connectivity index (χ1) is 12.9. The highest BCUT2D eigenvalue weighted by Gasteiger charge is 2.22. The van der Waals surface area contributed by atoms with Crippen LogP contribution in [0.5, 0.6) is 0 Å². The van der Waals surface area contributed by atoms with Gasteiger partial charge in [0.2, 0.25) is 0 Å². The summed E-state index contributed by atoms with van der Waals surface area (Å²) in [5, 5.41) is 0. The van der Waals surface area contributed by atoms with Crippen LogP contribution in [0.25, 0.3) is 0 Å². The Kier molecular flexibility index (Phi) is 5.82. The van der Waals surface area contributed by atoms with Crippen molar-refractivity contribution in [3.8, 4) is 0 Å². The molecule has 2 aromatic carbocycles. The number of anilines is 1. The molecule has 0 aromatic heterocycles. The number of sulfonamides is 1. The van der Waals surface area contributed by atoms with Crippen LogP contribution in [0.4, 0.5) is 5.69 Å². The minimum atomic E-state index is -3.69. The van der Waals surface area contributed by atoms with Gasteiger partial charge in [0.05, 0.1) is 4.90 Å². The third-order valence-corrected chi connectivity index (χ3v) is 6.19. The lowest BCUT2D eigenvalue weighted by Crippen LogP contribution is -2.48. The predicted molar refractivity (Wildman–Crippen MR) is 106 cm³/mol. The fourth-order valence-corrected chi connectivity index (χ4v) is 4.20. The molecule has 0 unspecified atom stereocenters. The normalized spacial score (nSPS) is 15.6. The highest BCUT2D eigenvalue weighted by molar-refractivity contribution is 7.92. The zero-order valence-electron chi connectivity index (χ0n) is 15.7. The third-order valence-electron chi connectivity index (χ3n) is 4.79. The average Bonchev–Trinajstić information content (AvgIpc) is 2.67. The Morgan fingerprint density at radius 2 is 1.70 bits per heavy atom. The number of hydrogen-bond donors (Lipinski definition) is 1. The van der Waals surface area contributed by atoms with E-state index in [0.717, 1.165) is 25.2 Å². The van der Waals surface area contributed by atoms with Crippen LogP contribution in [0.2, 0.25) is 0 Å². The molecule has 0 atom stereocenters. The first-order valence-electron chi connectivity index (χ1n) is 9.10. The fourth-order valence-electron chi connectivity index (χ4n) is 3.15. The number of likely N-dealkylation sites (N-methyl/N-ethyl adjacent to an activating group) is 1. The molecule has 144 valence electrons. The maximum Gasteiger partial charge on any atom is 0.261 e. The quantitative estimate of drug-likeness (QED) is 0.856. The lowest BCUT2D eigenvalue weighted by atomic mass is 10.2. The van der Waals surface area contributed by atoms with E-state index in [4.69, 9.17) is 0 Å². The van der Waals surface area contributed by atoms with Gasteiger partial charge in [-0.2, -0.15) is 0 Å². The summed E-state index contributed by atoms with van der Waals surface area (Å²) in [6, 6.07) is 13.3. The SMILES string of the molecule is CCN1CCN(C(=O)c2ccc(S(=O)(=O)Nc3cccc(C)c3)cc2)CC1. The molecule has 0 bridgehead atoms. The second kappa shape index (κ2) is 8.10. The van der Waals surface area contributed by atoms with E-state index >= 15 is 0 Å². The first-order valence-corrected chi connectivity index (χ1v) is 10.6. The molecular formula is C20H25N3O3S. The van der Waals surface area contributed by atoms with Gasteiger partial charge in [-0.3, -0.25) is 9.52 Å². The maximum absolute atomic E-state index is 12.6. The van der Waals surface area contributed by atoms with Gasteiger partial charge in [-0.05, 0) is 55.4 Å². The van der Waals surface area contributed by atoms with Gasteiger partial charge in [-0.25, -0.2) is 8.42 Å². The maximum atomic E-state index is 12.6. The lowest BCUT2D eigenvalue weighted by Gasteiger charge is -2.34. The second-order valence-electron chi connectivity index (χ2n) is 6.73. The molecular weight excluding hydrogens is 362 g/mol. The van der Waals surface area contributed by atoms with Gasteiger partial charge in [0.1, 0.15) is 0 Å². The Hall–Kier alpha value is -2.38. The van der Waals surface area contributed by atoms with E-state index in [9.17, 15) is 13.2 Å². The van der Waals surface area contributed by atoms with Crippen molar-refractivity contribution < 1.29 is 13.2 Å². The van der Waals surface area contributed by atoms with Crippen LogP contribution < -0.4 is 4.72 Å². The first kappa shape index (κ1) is 19.4. The molecule has 2 aromatic rings. The molecule has 1 heterocycles. The molecule has 6 nitrogen and oxygen atoms in total. The Morgan fingerprint density at radius 1 is 1.04 bits per heavy atom. The summed E-state index contributed by atoms with van der Waals surface area (Å²) >= 11 is 0. The van der Waals surface area contributed by atoms with E-state index in [1.54, 1.807) is 30.3 Å². The van der Waals surface area contributed by atoms with Crippen molar-refractivity contribution in [1.82, 2.24) is 9.80 Å². The van der Waals surface area contributed by atoms with Gasteiger partial charge in [0, 0.05) is 37.4 Å². The summed E-state index contributed by atoms with van der Waals surface area (Å²) in [7, 11) is -3.69. The number of rotatable bonds is 5. The monoisotopic (exact) mass is 387 g/mol. The van der Waals surface area contributed by atoms with E-state index in [-0.39, 0.29) is 10.8 Å². The molecule has 1 fully saturated rings. The van der Waals surface area contributed by atoms with Crippen LogP contribution in [-0.4, -0.2) is 56.8 Å². The molecule has 1 aliphatic rings. The van der Waals surface area contributed by atoms with Crippen LogP contribution in [-0.2, 0) is 10.0 Å². The number of carbonyl (C=O) groups excluding carboxylic acids is 1. The van der Waals surface area contributed by atoms with Gasteiger partial charge >= 0.3 is 0 Å². The smallest absolute Gasteiger partial charge is 0.261 e. The van der Waals surface area contributed by atoms with Crippen molar-refractivity contribution in [2.75, 3.05) is 37.4 Å². The minimum Gasteiger partial charge on any atom is -0.336 e. The molecule has 1 aliphatic heterocycles. The number of amides is 1. The van der Waals surface area contributed by atoms with E-state index in [0.29, 0.717) is 24.3 Å². The number of nitrogens with one attached hydrogen (secondary N) is 1. The van der Waals surface area contributed by atoms with Gasteiger partial charge in [-0.1, -0.05) is 19.1 Å². The summed E-state index contributed by atoms with van der Waals surface area (Å²) in [5.74, 6) is -0.0543. The van der Waals surface area contributed by atoms with Crippen LogP contribution in [0.3, 0.4) is 0 Å².